The highest BCUT2D eigenvalue weighted by Crippen LogP contribution is 2.31. The molecule has 7 heteroatoms. The molecule has 0 aliphatic heterocycles. The Bertz CT molecular complexity index is 767. The smallest absolute Gasteiger partial charge is 0.238 e. The summed E-state index contributed by atoms with van der Waals surface area (Å²) in [6.07, 6.45) is 2.01. The summed E-state index contributed by atoms with van der Waals surface area (Å²) in [6, 6.07) is 2.95. The normalized spacial score (nSPS) is 11.8. The number of halogens is 2. The fourth-order valence-electron chi connectivity index (χ4n) is 1.91. The third kappa shape index (κ3) is 2.45. The Hall–Kier alpha value is -1.04. The van der Waals surface area contributed by atoms with Gasteiger partial charge in [-0.3, -0.25) is 0 Å². The van der Waals surface area contributed by atoms with Crippen molar-refractivity contribution in [1.29, 1.82) is 0 Å². The lowest BCUT2D eigenvalue weighted by atomic mass is 10.2. The van der Waals surface area contributed by atoms with Crippen LogP contribution in [0.25, 0.3) is 0 Å². The van der Waals surface area contributed by atoms with Crippen LogP contribution in [0.3, 0.4) is 0 Å². The Morgan fingerprint density at radius 3 is 2.50 bits per heavy atom. The van der Waals surface area contributed by atoms with Crippen LogP contribution < -0.4 is 0 Å². The van der Waals surface area contributed by atoms with Gasteiger partial charge in [0.25, 0.3) is 10.0 Å². The van der Waals surface area contributed by atoms with Crippen molar-refractivity contribution in [2.75, 3.05) is 0 Å². The molecule has 0 saturated heterocycles. The monoisotopic (exact) mass is 332 g/mol. The molecule has 2 rings (SSSR count). The molecule has 0 bridgehead atoms. The molecule has 2 aromatic rings. The van der Waals surface area contributed by atoms with E-state index in [0.29, 0.717) is 28.5 Å². The van der Waals surface area contributed by atoms with E-state index in [4.69, 9.17) is 23.2 Å². The highest BCUT2D eigenvalue weighted by Gasteiger charge is 2.24. The van der Waals surface area contributed by atoms with E-state index in [1.807, 2.05) is 6.92 Å². The molecule has 0 atom stereocenters. The second kappa shape index (κ2) is 5.39. The SMILES string of the molecule is CCc1nc(C)cn1S(=O)(=O)c1ccc(Cl)c(C)c1Cl. The highest BCUT2D eigenvalue weighted by atomic mass is 35.5. The van der Waals surface area contributed by atoms with Crippen LogP contribution in [0.15, 0.2) is 23.2 Å². The first-order valence-corrected chi connectivity index (χ1v) is 8.23. The molecule has 0 unspecified atom stereocenters. The van der Waals surface area contributed by atoms with E-state index in [1.54, 1.807) is 13.8 Å². The second-order valence-corrected chi connectivity index (χ2v) is 7.01. The predicted molar refractivity (Wildman–Crippen MR) is 80.1 cm³/mol. The van der Waals surface area contributed by atoms with Gasteiger partial charge in [-0.05, 0) is 31.5 Å². The number of hydrogen-bond acceptors (Lipinski definition) is 3. The summed E-state index contributed by atoms with van der Waals surface area (Å²) in [4.78, 5) is 4.24. The summed E-state index contributed by atoms with van der Waals surface area (Å²) in [5, 5.41) is 0.581. The molecule has 1 aromatic heterocycles. The lowest BCUT2D eigenvalue weighted by Gasteiger charge is -2.11. The van der Waals surface area contributed by atoms with E-state index < -0.39 is 10.0 Å². The standard InChI is InChI=1S/C13H14Cl2N2O2S/c1-4-12-16-8(2)7-17(12)20(18,19)11-6-5-10(14)9(3)13(11)15/h5-7H,4H2,1-3H3. The molecule has 1 heterocycles. The summed E-state index contributed by atoms with van der Waals surface area (Å²) in [7, 11) is -3.77. The van der Waals surface area contributed by atoms with Crippen LogP contribution in [0.1, 0.15) is 24.0 Å². The van der Waals surface area contributed by atoms with Gasteiger partial charge in [-0.1, -0.05) is 30.1 Å². The van der Waals surface area contributed by atoms with Gasteiger partial charge in [0.15, 0.2) is 0 Å². The summed E-state index contributed by atoms with van der Waals surface area (Å²) >= 11 is 12.1. The van der Waals surface area contributed by atoms with Crippen molar-refractivity contribution in [1.82, 2.24) is 8.96 Å². The fourth-order valence-corrected chi connectivity index (χ4v) is 4.14. The average molecular weight is 333 g/mol. The van der Waals surface area contributed by atoms with Gasteiger partial charge in [0.1, 0.15) is 10.7 Å². The molecular weight excluding hydrogens is 319 g/mol. The minimum atomic E-state index is -3.77. The number of imidazole rings is 1. The molecule has 4 nitrogen and oxygen atoms in total. The number of nitrogens with zero attached hydrogens (tertiary/aromatic N) is 2. The quantitative estimate of drug-likeness (QED) is 0.862. The minimum Gasteiger partial charge on any atom is -0.238 e. The first-order valence-electron chi connectivity index (χ1n) is 6.04. The maximum Gasteiger partial charge on any atom is 0.270 e. The van der Waals surface area contributed by atoms with Crippen molar-refractivity contribution in [3.05, 3.63) is 45.5 Å². The molecule has 20 heavy (non-hydrogen) atoms. The van der Waals surface area contributed by atoms with Crippen LogP contribution in [0.5, 0.6) is 0 Å². The van der Waals surface area contributed by atoms with E-state index in [-0.39, 0.29) is 9.92 Å². The summed E-state index contributed by atoms with van der Waals surface area (Å²) in [6.45, 7) is 5.28. The van der Waals surface area contributed by atoms with E-state index in [1.165, 1.54) is 22.3 Å². The molecule has 0 spiro atoms. The van der Waals surface area contributed by atoms with Crippen molar-refractivity contribution in [3.63, 3.8) is 0 Å². The zero-order chi connectivity index (χ0) is 15.1. The largest absolute Gasteiger partial charge is 0.270 e. The molecular formula is C13H14Cl2N2O2S. The van der Waals surface area contributed by atoms with Crippen molar-refractivity contribution < 1.29 is 8.42 Å². The van der Waals surface area contributed by atoms with Crippen LogP contribution in [0.2, 0.25) is 10.0 Å². The van der Waals surface area contributed by atoms with Crippen LogP contribution in [-0.4, -0.2) is 17.4 Å². The lowest BCUT2D eigenvalue weighted by molar-refractivity contribution is 0.584. The van der Waals surface area contributed by atoms with Gasteiger partial charge < -0.3 is 0 Å². The van der Waals surface area contributed by atoms with Crippen molar-refractivity contribution in [3.8, 4) is 0 Å². The molecule has 0 saturated carbocycles. The average Bonchev–Trinajstić information content (AvgIpc) is 2.78. The molecule has 108 valence electrons. The maximum atomic E-state index is 12.7. The van der Waals surface area contributed by atoms with Crippen LogP contribution >= 0.6 is 23.2 Å². The van der Waals surface area contributed by atoms with Gasteiger partial charge in [-0.2, -0.15) is 0 Å². The summed E-state index contributed by atoms with van der Waals surface area (Å²) in [5.74, 6) is 0.478. The molecule has 0 fully saturated rings. The van der Waals surface area contributed by atoms with Crippen molar-refractivity contribution >= 4 is 33.2 Å². The van der Waals surface area contributed by atoms with Gasteiger partial charge in [0.05, 0.1) is 10.7 Å². The Kier molecular flexibility index (Phi) is 4.14. The highest BCUT2D eigenvalue weighted by molar-refractivity contribution is 7.90. The van der Waals surface area contributed by atoms with E-state index in [9.17, 15) is 8.42 Å². The number of benzene rings is 1. The molecule has 0 amide bonds. The number of rotatable bonds is 3. The molecule has 1 aromatic carbocycles. The Labute approximate surface area is 128 Å². The Balaban J connectivity index is 2.70. The van der Waals surface area contributed by atoms with Gasteiger partial charge in [-0.15, -0.1) is 0 Å². The molecule has 0 aliphatic carbocycles. The number of hydrogen-bond donors (Lipinski definition) is 0. The third-order valence-corrected chi connectivity index (χ3v) is 5.74. The Morgan fingerprint density at radius 2 is 1.90 bits per heavy atom. The van der Waals surface area contributed by atoms with Gasteiger partial charge in [-0.25, -0.2) is 17.4 Å². The topological polar surface area (TPSA) is 52.0 Å². The van der Waals surface area contributed by atoms with Crippen molar-refractivity contribution in [2.45, 2.75) is 32.1 Å². The van der Waals surface area contributed by atoms with Gasteiger partial charge in [0.2, 0.25) is 0 Å². The number of aromatic nitrogens is 2. The zero-order valence-corrected chi connectivity index (χ0v) is 13.6. The lowest BCUT2D eigenvalue weighted by Crippen LogP contribution is -2.15. The number of aryl methyl sites for hydroxylation is 2. The maximum absolute atomic E-state index is 12.7. The minimum absolute atomic E-state index is 0.0353. The first kappa shape index (κ1) is 15.4. The summed E-state index contributed by atoms with van der Waals surface area (Å²) in [5.41, 5.74) is 1.19. The molecule has 0 N–H and O–H groups in total. The van der Waals surface area contributed by atoms with Gasteiger partial charge in [0, 0.05) is 17.6 Å². The summed E-state index contributed by atoms with van der Waals surface area (Å²) < 4.78 is 26.6. The van der Waals surface area contributed by atoms with E-state index >= 15 is 0 Å². The third-order valence-electron chi connectivity index (χ3n) is 3.00. The van der Waals surface area contributed by atoms with Crippen LogP contribution in [-0.2, 0) is 16.4 Å². The van der Waals surface area contributed by atoms with Gasteiger partial charge >= 0.3 is 0 Å². The molecule has 0 radical (unpaired) electrons. The van der Waals surface area contributed by atoms with E-state index in [2.05, 4.69) is 4.98 Å². The van der Waals surface area contributed by atoms with E-state index in [0.717, 1.165) is 0 Å². The zero-order valence-electron chi connectivity index (χ0n) is 11.3. The van der Waals surface area contributed by atoms with Crippen molar-refractivity contribution in [2.24, 2.45) is 0 Å². The van der Waals surface area contributed by atoms with Crippen LogP contribution in [0, 0.1) is 13.8 Å². The fraction of sp³-hybridized carbons (Fsp3) is 0.308. The second-order valence-electron chi connectivity index (χ2n) is 4.44. The first-order chi connectivity index (χ1) is 9.28. The Morgan fingerprint density at radius 1 is 1.25 bits per heavy atom. The van der Waals surface area contributed by atoms with Crippen LogP contribution in [0.4, 0.5) is 0 Å². The predicted octanol–water partition coefficient (Wildman–Crippen LogP) is 3.61. The molecule has 0 aliphatic rings.